The number of aryl methyl sites for hydroxylation is 1. The lowest BCUT2D eigenvalue weighted by Gasteiger charge is -2.26. The molecule has 180 valence electrons. The highest BCUT2D eigenvalue weighted by Crippen LogP contribution is 2.28. The van der Waals surface area contributed by atoms with E-state index >= 15 is 0 Å². The van der Waals surface area contributed by atoms with Crippen molar-refractivity contribution in [1.29, 1.82) is 0 Å². The predicted molar refractivity (Wildman–Crippen MR) is 140 cm³/mol. The Hall–Kier alpha value is -3.98. The molecule has 5 rings (SSSR count). The highest BCUT2D eigenvalue weighted by molar-refractivity contribution is 6.04. The van der Waals surface area contributed by atoms with Crippen LogP contribution in [-0.2, 0) is 7.05 Å². The second kappa shape index (κ2) is 9.34. The third-order valence-corrected chi connectivity index (χ3v) is 6.22. The smallest absolute Gasteiger partial charge is 0.159 e. The van der Waals surface area contributed by atoms with Gasteiger partial charge in [0.05, 0.1) is 18.6 Å². The molecule has 1 unspecified atom stereocenters. The number of benzene rings is 1. The number of hydrogen-bond donors (Lipinski definition) is 3. The Morgan fingerprint density at radius 2 is 2.14 bits per heavy atom. The van der Waals surface area contributed by atoms with Gasteiger partial charge in [-0.15, -0.1) is 5.10 Å². The van der Waals surface area contributed by atoms with Gasteiger partial charge in [0.2, 0.25) is 0 Å². The zero-order chi connectivity index (χ0) is 24.4. The molecular weight excluding hydrogens is 440 g/mol. The third-order valence-electron chi connectivity index (χ3n) is 6.22. The number of rotatable bonds is 8. The Morgan fingerprint density at radius 1 is 1.29 bits per heavy atom. The van der Waals surface area contributed by atoms with E-state index in [1.165, 1.54) is 19.0 Å². The molecule has 9 nitrogen and oxygen atoms in total. The second-order valence-corrected chi connectivity index (χ2v) is 9.31. The van der Waals surface area contributed by atoms with E-state index in [9.17, 15) is 5.11 Å². The van der Waals surface area contributed by atoms with Gasteiger partial charge in [-0.1, -0.05) is 18.2 Å². The van der Waals surface area contributed by atoms with E-state index < -0.39 is 5.72 Å². The first-order valence-corrected chi connectivity index (χ1v) is 11.7. The number of nitrogens with one attached hydrogen (secondary N) is 1. The predicted octanol–water partition coefficient (Wildman–Crippen LogP) is 3.25. The molecule has 1 aliphatic heterocycles. The van der Waals surface area contributed by atoms with Crippen LogP contribution in [0, 0.1) is 0 Å². The fourth-order valence-electron chi connectivity index (χ4n) is 4.19. The molecule has 0 bridgehead atoms. The maximum atomic E-state index is 11.1. The lowest BCUT2D eigenvalue weighted by Crippen LogP contribution is -2.34. The molecule has 0 spiro atoms. The first kappa shape index (κ1) is 22.8. The van der Waals surface area contributed by atoms with Crippen molar-refractivity contribution >= 4 is 34.5 Å². The molecule has 1 atom stereocenters. The van der Waals surface area contributed by atoms with Crippen molar-refractivity contribution < 1.29 is 5.11 Å². The molecule has 2 aromatic heterocycles. The summed E-state index contributed by atoms with van der Waals surface area (Å²) in [7, 11) is 1.91. The highest BCUT2D eigenvalue weighted by atomic mass is 16.3. The quantitative estimate of drug-likeness (QED) is 0.344. The summed E-state index contributed by atoms with van der Waals surface area (Å²) in [4.78, 5) is 11.1. The summed E-state index contributed by atoms with van der Waals surface area (Å²) in [5, 5.41) is 22.9. The summed E-state index contributed by atoms with van der Waals surface area (Å²) in [6, 6.07) is 10.5. The monoisotopic (exact) mass is 470 g/mol. The molecule has 3 aromatic rings. The summed E-state index contributed by atoms with van der Waals surface area (Å²) in [6.45, 7) is 2.50. The van der Waals surface area contributed by atoms with Crippen LogP contribution < -0.4 is 11.1 Å². The van der Waals surface area contributed by atoms with Crippen LogP contribution in [0.1, 0.15) is 37.3 Å². The largest absolute Gasteiger partial charge is 0.405 e. The lowest BCUT2D eigenvalue weighted by atomic mass is 10.0. The van der Waals surface area contributed by atoms with Crippen LogP contribution in [-0.4, -0.2) is 54.9 Å². The minimum atomic E-state index is -1.19. The first-order chi connectivity index (χ1) is 16.9. The maximum absolute atomic E-state index is 11.1. The van der Waals surface area contributed by atoms with E-state index in [0.717, 1.165) is 45.8 Å². The van der Waals surface area contributed by atoms with E-state index in [2.05, 4.69) is 30.4 Å². The summed E-state index contributed by atoms with van der Waals surface area (Å²) >= 11 is 0. The first-order valence-electron chi connectivity index (χ1n) is 11.7. The summed E-state index contributed by atoms with van der Waals surface area (Å²) in [5.74, 6) is 0. The van der Waals surface area contributed by atoms with E-state index in [-0.39, 0.29) is 0 Å². The molecule has 0 radical (unpaired) electrons. The fraction of sp³-hybridized carbons (Fsp3) is 0.308. The average molecular weight is 471 g/mol. The van der Waals surface area contributed by atoms with Crippen LogP contribution in [0.15, 0.2) is 71.4 Å². The number of aliphatic hydroxyl groups is 1. The average Bonchev–Trinajstić information content (AvgIpc) is 3.65. The number of aromatic nitrogens is 3. The van der Waals surface area contributed by atoms with Crippen LogP contribution in [0.3, 0.4) is 0 Å². The number of hydrogen-bond acceptors (Lipinski definition) is 8. The standard InChI is InChI=1S/C26H30N8O/c1-26(35,10-8-18(9-11-27)20-13-23-25(28-14-20)33(2)16-29-23)31-21-5-3-4-19(12-21)24-15-34(17-30-32-24)22-6-7-22/h3-5,8-9,11-14,16-17,22,31,35H,6-7,10,15,27H2,1-2H3/b11-9-,18-8+. The number of nitrogens with two attached hydrogens (primary N) is 1. The number of pyridine rings is 1. The van der Waals surface area contributed by atoms with Crippen LogP contribution in [0.4, 0.5) is 5.69 Å². The van der Waals surface area contributed by atoms with Gasteiger partial charge in [-0.2, -0.15) is 5.10 Å². The summed E-state index contributed by atoms with van der Waals surface area (Å²) in [5.41, 5.74) is 10.6. The topological polar surface area (TPSA) is 117 Å². The minimum Gasteiger partial charge on any atom is -0.405 e. The second-order valence-electron chi connectivity index (χ2n) is 9.31. The van der Waals surface area contributed by atoms with Crippen molar-refractivity contribution in [2.45, 2.75) is 38.0 Å². The van der Waals surface area contributed by atoms with Crippen LogP contribution in [0.5, 0.6) is 0 Å². The van der Waals surface area contributed by atoms with Crippen molar-refractivity contribution in [3.8, 4) is 0 Å². The molecule has 1 aliphatic carbocycles. The highest BCUT2D eigenvalue weighted by Gasteiger charge is 2.29. The fourth-order valence-corrected chi connectivity index (χ4v) is 4.19. The van der Waals surface area contributed by atoms with Crippen LogP contribution in [0.2, 0.25) is 0 Å². The van der Waals surface area contributed by atoms with Crippen molar-refractivity contribution in [2.24, 2.45) is 23.0 Å². The molecule has 2 aliphatic rings. The molecule has 4 N–H and O–H groups in total. The van der Waals surface area contributed by atoms with E-state index in [4.69, 9.17) is 5.73 Å². The summed E-state index contributed by atoms with van der Waals surface area (Å²) < 4.78 is 1.87. The van der Waals surface area contributed by atoms with Gasteiger partial charge in [0.15, 0.2) is 5.65 Å². The molecule has 9 heteroatoms. The Bertz CT molecular complexity index is 1350. The number of nitrogens with zero attached hydrogens (tertiary/aromatic N) is 6. The van der Waals surface area contributed by atoms with Crippen molar-refractivity contribution in [3.05, 3.63) is 72.3 Å². The zero-order valence-corrected chi connectivity index (χ0v) is 20.0. The number of imidazole rings is 1. The molecule has 35 heavy (non-hydrogen) atoms. The van der Waals surface area contributed by atoms with Gasteiger partial charge in [-0.3, -0.25) is 0 Å². The number of anilines is 1. The lowest BCUT2D eigenvalue weighted by molar-refractivity contribution is 0.0938. The van der Waals surface area contributed by atoms with Gasteiger partial charge in [-0.25, -0.2) is 9.97 Å². The molecule has 0 saturated heterocycles. The maximum Gasteiger partial charge on any atom is 0.159 e. The van der Waals surface area contributed by atoms with Gasteiger partial charge < -0.3 is 25.6 Å². The van der Waals surface area contributed by atoms with E-state index in [0.29, 0.717) is 12.5 Å². The molecule has 1 fully saturated rings. The Morgan fingerprint density at radius 3 is 2.94 bits per heavy atom. The van der Waals surface area contributed by atoms with E-state index in [1.807, 2.05) is 54.4 Å². The summed E-state index contributed by atoms with van der Waals surface area (Å²) in [6.07, 6.45) is 13.4. The van der Waals surface area contributed by atoms with Gasteiger partial charge >= 0.3 is 0 Å². The molecule has 3 heterocycles. The normalized spacial score (nSPS) is 18.2. The van der Waals surface area contributed by atoms with Gasteiger partial charge in [0, 0.05) is 42.5 Å². The van der Waals surface area contributed by atoms with Crippen LogP contribution >= 0.6 is 0 Å². The van der Waals surface area contributed by atoms with Crippen molar-refractivity contribution in [1.82, 2.24) is 19.4 Å². The van der Waals surface area contributed by atoms with Gasteiger partial charge in [0.1, 0.15) is 17.6 Å². The molecule has 1 aromatic carbocycles. The zero-order valence-electron chi connectivity index (χ0n) is 20.0. The Balaban J connectivity index is 1.31. The molecule has 0 amide bonds. The van der Waals surface area contributed by atoms with Crippen LogP contribution in [0.25, 0.3) is 16.7 Å². The number of fused-ring (bicyclic) bond motifs is 1. The Labute approximate surface area is 204 Å². The molecule has 1 saturated carbocycles. The number of allylic oxidation sites excluding steroid dienone is 2. The van der Waals surface area contributed by atoms with E-state index in [1.54, 1.807) is 25.5 Å². The minimum absolute atomic E-state index is 0.345. The SMILES string of the molecule is Cn1cnc2cc(C(/C=C\N)=C/CC(C)(O)Nc3cccc(C4=NN=CN(C5CC5)C4)c3)cnc21. The van der Waals surface area contributed by atoms with Gasteiger partial charge in [0.25, 0.3) is 0 Å². The van der Waals surface area contributed by atoms with Crippen molar-refractivity contribution in [3.63, 3.8) is 0 Å². The Kier molecular flexibility index (Phi) is 6.08. The van der Waals surface area contributed by atoms with Gasteiger partial charge in [-0.05, 0) is 55.8 Å². The molecular formula is C26H30N8O. The third kappa shape index (κ3) is 5.25. The van der Waals surface area contributed by atoms with Crippen molar-refractivity contribution in [2.75, 3.05) is 11.9 Å².